The number of hydrogen-bond acceptors (Lipinski definition) is 4. The third kappa shape index (κ3) is 2.48. The highest BCUT2D eigenvalue weighted by atomic mass is 16.5. The molecule has 0 fully saturated rings. The number of methoxy groups -OCH3 is 1. The lowest BCUT2D eigenvalue weighted by Crippen LogP contribution is -2.14. The Labute approximate surface area is 116 Å². The van der Waals surface area contributed by atoms with E-state index in [0.717, 1.165) is 17.8 Å². The van der Waals surface area contributed by atoms with E-state index in [1.165, 1.54) is 5.56 Å². The lowest BCUT2D eigenvalue weighted by molar-refractivity contribution is 0.399. The van der Waals surface area contributed by atoms with Gasteiger partial charge in [0.15, 0.2) is 5.65 Å². The van der Waals surface area contributed by atoms with E-state index in [0.29, 0.717) is 11.5 Å². The summed E-state index contributed by atoms with van der Waals surface area (Å²) in [7, 11) is 1.59. The molecule has 0 bridgehead atoms. The van der Waals surface area contributed by atoms with Crippen LogP contribution < -0.4 is 10.5 Å². The minimum Gasteiger partial charge on any atom is -0.481 e. The van der Waals surface area contributed by atoms with Crippen LogP contribution in [0.1, 0.15) is 17.4 Å². The van der Waals surface area contributed by atoms with Crippen molar-refractivity contribution in [3.05, 3.63) is 53.9 Å². The summed E-state index contributed by atoms with van der Waals surface area (Å²) >= 11 is 0. The Morgan fingerprint density at radius 2 is 1.95 bits per heavy atom. The summed E-state index contributed by atoms with van der Waals surface area (Å²) in [5, 5.41) is 0. The second-order valence-electron chi connectivity index (χ2n) is 4.64. The quantitative estimate of drug-likeness (QED) is 0.760. The minimum absolute atomic E-state index is 0.183. The molecule has 3 aromatic rings. The number of nitrogens with one attached hydrogen (secondary N) is 1. The van der Waals surface area contributed by atoms with E-state index in [-0.39, 0.29) is 6.04 Å². The van der Waals surface area contributed by atoms with Gasteiger partial charge in [-0.3, -0.25) is 0 Å². The first-order valence-corrected chi connectivity index (χ1v) is 6.46. The zero-order valence-corrected chi connectivity index (χ0v) is 11.2. The molecule has 3 rings (SSSR count). The number of imidazole rings is 1. The second-order valence-corrected chi connectivity index (χ2v) is 4.64. The Bertz CT molecular complexity index is 708. The largest absolute Gasteiger partial charge is 0.481 e. The van der Waals surface area contributed by atoms with Gasteiger partial charge in [-0.05, 0) is 18.1 Å². The molecule has 3 N–H and O–H groups in total. The molecular weight excluding hydrogens is 252 g/mol. The van der Waals surface area contributed by atoms with Gasteiger partial charge in [0.1, 0.15) is 5.82 Å². The van der Waals surface area contributed by atoms with Crippen LogP contribution in [0.4, 0.5) is 0 Å². The van der Waals surface area contributed by atoms with Crippen LogP contribution in [0, 0.1) is 0 Å². The highest BCUT2D eigenvalue weighted by Gasteiger charge is 2.13. The number of benzene rings is 1. The zero-order chi connectivity index (χ0) is 13.9. The number of rotatable bonds is 4. The zero-order valence-electron chi connectivity index (χ0n) is 11.2. The third-order valence-electron chi connectivity index (χ3n) is 3.20. The summed E-state index contributed by atoms with van der Waals surface area (Å²) in [4.78, 5) is 11.9. The molecule has 0 aliphatic rings. The Morgan fingerprint density at radius 1 is 1.15 bits per heavy atom. The van der Waals surface area contributed by atoms with Gasteiger partial charge in [-0.25, -0.2) is 4.98 Å². The van der Waals surface area contributed by atoms with Crippen LogP contribution in [-0.2, 0) is 6.42 Å². The molecule has 1 unspecified atom stereocenters. The number of nitrogens with two attached hydrogens (primary N) is 1. The van der Waals surface area contributed by atoms with Crippen molar-refractivity contribution in [2.75, 3.05) is 7.11 Å². The molecule has 5 nitrogen and oxygen atoms in total. The molecule has 0 radical (unpaired) electrons. The maximum atomic E-state index is 6.21. The lowest BCUT2D eigenvalue weighted by atomic mass is 10.1. The second kappa shape index (κ2) is 5.30. The fourth-order valence-electron chi connectivity index (χ4n) is 2.15. The van der Waals surface area contributed by atoms with Crippen molar-refractivity contribution in [2.45, 2.75) is 12.5 Å². The minimum atomic E-state index is -0.183. The number of hydrogen-bond donors (Lipinski definition) is 2. The maximum absolute atomic E-state index is 6.21. The van der Waals surface area contributed by atoms with Crippen LogP contribution >= 0.6 is 0 Å². The molecule has 20 heavy (non-hydrogen) atoms. The highest BCUT2D eigenvalue weighted by Crippen LogP contribution is 2.19. The Kier molecular flexibility index (Phi) is 3.35. The van der Waals surface area contributed by atoms with Crippen molar-refractivity contribution in [3.8, 4) is 5.88 Å². The van der Waals surface area contributed by atoms with Gasteiger partial charge >= 0.3 is 0 Å². The standard InChI is InChI=1S/C15H16N4O/c1-20-13-8-7-12-15(18-13)19-14(17-12)11(16)9-10-5-3-2-4-6-10/h2-8,11H,9,16H2,1H3,(H,17,18,19). The predicted molar refractivity (Wildman–Crippen MR) is 77.5 cm³/mol. The van der Waals surface area contributed by atoms with Crippen molar-refractivity contribution in [3.63, 3.8) is 0 Å². The van der Waals surface area contributed by atoms with Gasteiger partial charge in [0.2, 0.25) is 5.88 Å². The summed E-state index contributed by atoms with van der Waals surface area (Å²) < 4.78 is 5.09. The van der Waals surface area contributed by atoms with Crippen LogP contribution in [0.3, 0.4) is 0 Å². The van der Waals surface area contributed by atoms with Gasteiger partial charge < -0.3 is 15.5 Å². The van der Waals surface area contributed by atoms with Crippen molar-refractivity contribution in [2.24, 2.45) is 5.73 Å². The summed E-state index contributed by atoms with van der Waals surface area (Å²) in [6.45, 7) is 0. The SMILES string of the molecule is COc1ccc2[nH]c(C(N)Cc3ccccc3)nc2n1. The first-order chi connectivity index (χ1) is 9.76. The molecule has 102 valence electrons. The highest BCUT2D eigenvalue weighted by molar-refractivity contribution is 5.71. The molecule has 0 saturated carbocycles. The van der Waals surface area contributed by atoms with Crippen molar-refractivity contribution in [1.29, 1.82) is 0 Å². The number of ether oxygens (including phenoxy) is 1. The van der Waals surface area contributed by atoms with Crippen molar-refractivity contribution < 1.29 is 4.74 Å². The van der Waals surface area contributed by atoms with E-state index >= 15 is 0 Å². The van der Waals surface area contributed by atoms with Crippen molar-refractivity contribution >= 4 is 11.2 Å². The molecule has 0 amide bonds. The van der Waals surface area contributed by atoms with Crippen LogP contribution in [-0.4, -0.2) is 22.1 Å². The van der Waals surface area contributed by atoms with E-state index in [2.05, 4.69) is 27.1 Å². The topological polar surface area (TPSA) is 76.8 Å². The van der Waals surface area contributed by atoms with E-state index in [9.17, 15) is 0 Å². The van der Waals surface area contributed by atoms with E-state index < -0.39 is 0 Å². The number of pyridine rings is 1. The number of fused-ring (bicyclic) bond motifs is 1. The lowest BCUT2D eigenvalue weighted by Gasteiger charge is -2.08. The maximum Gasteiger partial charge on any atom is 0.215 e. The molecule has 0 aliphatic heterocycles. The van der Waals surface area contributed by atoms with Gasteiger partial charge in [0.25, 0.3) is 0 Å². The van der Waals surface area contributed by atoms with Gasteiger partial charge in [-0.1, -0.05) is 30.3 Å². The molecule has 2 heterocycles. The molecule has 0 saturated heterocycles. The van der Waals surface area contributed by atoms with Crippen LogP contribution in [0.15, 0.2) is 42.5 Å². The normalized spacial score (nSPS) is 12.5. The Balaban J connectivity index is 1.86. The number of nitrogens with zero attached hydrogens (tertiary/aromatic N) is 2. The fraction of sp³-hybridized carbons (Fsp3) is 0.200. The smallest absolute Gasteiger partial charge is 0.215 e. The molecule has 0 aliphatic carbocycles. The van der Waals surface area contributed by atoms with Crippen LogP contribution in [0.5, 0.6) is 5.88 Å². The van der Waals surface area contributed by atoms with Gasteiger partial charge in [-0.15, -0.1) is 0 Å². The number of aromatic amines is 1. The summed E-state index contributed by atoms with van der Waals surface area (Å²) in [5.41, 5.74) is 8.89. The Hall–Kier alpha value is -2.40. The molecule has 1 aromatic carbocycles. The number of aromatic nitrogens is 3. The summed E-state index contributed by atoms with van der Waals surface area (Å²) in [6, 6.07) is 13.6. The third-order valence-corrected chi connectivity index (χ3v) is 3.20. The monoisotopic (exact) mass is 268 g/mol. The molecule has 1 atom stereocenters. The fourth-order valence-corrected chi connectivity index (χ4v) is 2.15. The summed E-state index contributed by atoms with van der Waals surface area (Å²) in [6.07, 6.45) is 0.734. The first-order valence-electron chi connectivity index (χ1n) is 6.46. The van der Waals surface area contributed by atoms with Gasteiger partial charge in [0.05, 0.1) is 18.7 Å². The van der Waals surface area contributed by atoms with E-state index in [1.54, 1.807) is 13.2 Å². The Morgan fingerprint density at radius 3 is 2.70 bits per heavy atom. The van der Waals surface area contributed by atoms with E-state index in [4.69, 9.17) is 10.5 Å². The molecular formula is C15H16N4O. The first kappa shape index (κ1) is 12.6. The van der Waals surface area contributed by atoms with Gasteiger partial charge in [0, 0.05) is 6.07 Å². The van der Waals surface area contributed by atoms with E-state index in [1.807, 2.05) is 24.3 Å². The molecule has 5 heteroatoms. The van der Waals surface area contributed by atoms with Crippen LogP contribution in [0.25, 0.3) is 11.2 Å². The van der Waals surface area contributed by atoms with Gasteiger partial charge in [-0.2, -0.15) is 4.98 Å². The van der Waals surface area contributed by atoms with Crippen molar-refractivity contribution in [1.82, 2.24) is 15.0 Å². The van der Waals surface area contributed by atoms with Crippen LogP contribution in [0.2, 0.25) is 0 Å². The molecule has 2 aromatic heterocycles. The summed E-state index contributed by atoms with van der Waals surface area (Å²) in [5.74, 6) is 1.29. The average molecular weight is 268 g/mol. The predicted octanol–water partition coefficient (Wildman–Crippen LogP) is 2.21. The molecule has 0 spiro atoms. The number of H-pyrrole nitrogens is 1. The average Bonchev–Trinajstić information content (AvgIpc) is 2.91.